The number of benzene rings is 3. The van der Waals surface area contributed by atoms with E-state index in [9.17, 15) is 19.2 Å². The monoisotopic (exact) mass is 706 g/mol. The van der Waals surface area contributed by atoms with E-state index in [4.69, 9.17) is 25.8 Å². The summed E-state index contributed by atoms with van der Waals surface area (Å²) < 4.78 is 17.2. The number of ether oxygens (including phenoxy) is 3. The van der Waals surface area contributed by atoms with Crippen LogP contribution in [0.5, 0.6) is 11.5 Å². The van der Waals surface area contributed by atoms with Crippen LogP contribution in [0.3, 0.4) is 0 Å². The van der Waals surface area contributed by atoms with Crippen LogP contribution >= 0.6 is 46.0 Å². The van der Waals surface area contributed by atoms with Gasteiger partial charge in [-0.05, 0) is 88.8 Å². The molecule has 12 heteroatoms. The minimum Gasteiger partial charge on any atom is -0.493 e. The van der Waals surface area contributed by atoms with E-state index >= 15 is 0 Å². The fraction of sp³-hybridized carbons (Fsp3) is 0.172. The Kier molecular flexibility index (Phi) is 10.3. The molecule has 1 saturated heterocycles. The van der Waals surface area contributed by atoms with Crippen LogP contribution in [0.4, 0.5) is 10.5 Å². The molecule has 0 bridgehead atoms. The van der Waals surface area contributed by atoms with Crippen molar-refractivity contribution in [2.24, 2.45) is 0 Å². The summed E-state index contributed by atoms with van der Waals surface area (Å²) in [6.45, 7) is 1.67. The van der Waals surface area contributed by atoms with Crippen LogP contribution in [0.1, 0.15) is 28.4 Å². The van der Waals surface area contributed by atoms with Crippen molar-refractivity contribution in [3.05, 3.63) is 90.9 Å². The molecule has 0 aromatic heterocycles. The highest BCUT2D eigenvalue weighted by molar-refractivity contribution is 14.1. The second kappa shape index (κ2) is 13.9. The first-order valence-electron chi connectivity index (χ1n) is 12.3. The third-order valence-corrected chi connectivity index (χ3v) is 7.73. The molecule has 1 fully saturated rings. The summed E-state index contributed by atoms with van der Waals surface area (Å²) in [5.41, 5.74) is 1.98. The number of carbonyl (C=O) groups excluding carboxylic acids is 4. The zero-order valence-electron chi connectivity index (χ0n) is 21.9. The number of esters is 1. The van der Waals surface area contributed by atoms with E-state index < -0.39 is 29.6 Å². The number of nitrogens with zero attached hydrogens (tertiary/aromatic N) is 1. The molecule has 9 nitrogen and oxygen atoms in total. The molecule has 0 radical (unpaired) electrons. The Morgan fingerprint density at radius 2 is 1.85 bits per heavy atom. The van der Waals surface area contributed by atoms with E-state index in [0.717, 1.165) is 25.8 Å². The maximum absolute atomic E-state index is 13.0. The average molecular weight is 707 g/mol. The lowest BCUT2D eigenvalue weighted by molar-refractivity contribution is -0.127. The Bertz CT molecular complexity index is 1530. The van der Waals surface area contributed by atoms with Crippen molar-refractivity contribution in [3.8, 4) is 11.5 Å². The van der Waals surface area contributed by atoms with Gasteiger partial charge in [-0.2, -0.15) is 0 Å². The Morgan fingerprint density at radius 3 is 2.56 bits per heavy atom. The summed E-state index contributed by atoms with van der Waals surface area (Å²) in [6.07, 6.45) is 1.57. The Balaban J connectivity index is 1.45. The summed E-state index contributed by atoms with van der Waals surface area (Å²) in [6, 6.07) is 17.5. The van der Waals surface area contributed by atoms with Crippen LogP contribution in [0.15, 0.2) is 65.6 Å². The van der Waals surface area contributed by atoms with Crippen molar-refractivity contribution in [2.45, 2.75) is 13.5 Å². The SMILES string of the molecule is CCOC(=O)c1cc(NC(=O)CN2C(=O)S/C(=C/c3cc(I)c(OCc4ccccc4)c(OC)c3)C2=O)ccc1Cl. The van der Waals surface area contributed by atoms with Crippen LogP contribution in [0.2, 0.25) is 5.02 Å². The number of halogens is 2. The quantitative estimate of drug-likeness (QED) is 0.147. The highest BCUT2D eigenvalue weighted by atomic mass is 127. The molecule has 3 aromatic carbocycles. The number of thioether (sulfide) groups is 1. The summed E-state index contributed by atoms with van der Waals surface area (Å²) in [5.74, 6) is -0.819. The standard InChI is InChI=1S/C29H24ClIN2O7S/c1-3-39-28(36)20-14-19(9-10-21(20)30)32-25(34)15-33-27(35)24(41-29(33)37)13-18-11-22(31)26(23(12-18)38-2)40-16-17-7-5-4-6-8-17/h4-14H,3,15-16H2,1-2H3,(H,32,34)/b24-13+. The molecule has 1 heterocycles. The molecule has 41 heavy (non-hydrogen) atoms. The van der Waals surface area contributed by atoms with Crippen molar-refractivity contribution in [3.63, 3.8) is 0 Å². The van der Waals surface area contributed by atoms with Crippen molar-refractivity contribution in [1.29, 1.82) is 0 Å². The van der Waals surface area contributed by atoms with E-state index in [-0.39, 0.29) is 27.8 Å². The maximum Gasteiger partial charge on any atom is 0.339 e. The van der Waals surface area contributed by atoms with Gasteiger partial charge in [0.1, 0.15) is 13.2 Å². The third-order valence-electron chi connectivity index (χ3n) is 5.70. The van der Waals surface area contributed by atoms with Crippen LogP contribution in [0.25, 0.3) is 6.08 Å². The van der Waals surface area contributed by atoms with Crippen molar-refractivity contribution in [2.75, 3.05) is 25.6 Å². The van der Waals surface area contributed by atoms with Gasteiger partial charge >= 0.3 is 5.97 Å². The van der Waals surface area contributed by atoms with E-state index in [1.807, 2.05) is 36.4 Å². The van der Waals surface area contributed by atoms with E-state index in [0.29, 0.717) is 23.7 Å². The Labute approximate surface area is 259 Å². The van der Waals surface area contributed by atoms with Gasteiger partial charge in [0, 0.05) is 5.69 Å². The predicted octanol–water partition coefficient (Wildman–Crippen LogP) is 6.38. The van der Waals surface area contributed by atoms with Crippen LogP contribution in [-0.4, -0.2) is 48.2 Å². The molecule has 0 unspecified atom stereocenters. The highest BCUT2D eigenvalue weighted by Gasteiger charge is 2.36. The van der Waals surface area contributed by atoms with Gasteiger partial charge in [-0.1, -0.05) is 41.9 Å². The first-order valence-corrected chi connectivity index (χ1v) is 14.5. The number of nitrogens with one attached hydrogen (secondary N) is 1. The number of imide groups is 1. The van der Waals surface area contributed by atoms with Crippen LogP contribution < -0.4 is 14.8 Å². The third kappa shape index (κ3) is 7.60. The molecule has 4 rings (SSSR count). The van der Waals surface area contributed by atoms with Gasteiger partial charge in [0.25, 0.3) is 11.1 Å². The van der Waals surface area contributed by atoms with Gasteiger partial charge in [-0.15, -0.1) is 0 Å². The lowest BCUT2D eigenvalue weighted by Crippen LogP contribution is -2.36. The minimum absolute atomic E-state index is 0.0851. The fourth-order valence-electron chi connectivity index (χ4n) is 3.79. The van der Waals surface area contributed by atoms with Gasteiger partial charge in [-0.25, -0.2) is 4.79 Å². The number of hydrogen-bond donors (Lipinski definition) is 1. The number of hydrogen-bond acceptors (Lipinski definition) is 8. The van der Waals surface area contributed by atoms with Crippen molar-refractivity contribution < 1.29 is 33.4 Å². The van der Waals surface area contributed by atoms with E-state index in [1.54, 1.807) is 19.1 Å². The lowest BCUT2D eigenvalue weighted by atomic mass is 10.1. The van der Waals surface area contributed by atoms with E-state index in [2.05, 4.69) is 27.9 Å². The molecule has 3 amide bonds. The predicted molar refractivity (Wildman–Crippen MR) is 165 cm³/mol. The highest BCUT2D eigenvalue weighted by Crippen LogP contribution is 2.37. The van der Waals surface area contributed by atoms with Crippen LogP contribution in [0, 0.1) is 3.57 Å². The first kappa shape index (κ1) is 30.4. The van der Waals surface area contributed by atoms with Gasteiger partial charge < -0.3 is 19.5 Å². The van der Waals surface area contributed by atoms with Gasteiger partial charge in [0.15, 0.2) is 11.5 Å². The number of carbonyl (C=O) groups is 4. The normalized spacial score (nSPS) is 13.9. The zero-order valence-corrected chi connectivity index (χ0v) is 25.7. The number of rotatable bonds is 10. The molecule has 0 aliphatic carbocycles. The molecule has 1 N–H and O–H groups in total. The largest absolute Gasteiger partial charge is 0.493 e. The van der Waals surface area contributed by atoms with Gasteiger partial charge in [0.05, 0.1) is 32.8 Å². The number of anilines is 1. The fourth-order valence-corrected chi connectivity index (χ4v) is 5.61. The smallest absolute Gasteiger partial charge is 0.339 e. The van der Waals surface area contributed by atoms with Crippen molar-refractivity contribution in [1.82, 2.24) is 4.90 Å². The topological polar surface area (TPSA) is 111 Å². The number of amides is 3. The molecular formula is C29H24ClIN2O7S. The maximum atomic E-state index is 13.0. The van der Waals surface area contributed by atoms with Crippen molar-refractivity contribution >= 4 is 80.7 Å². The molecule has 3 aromatic rings. The minimum atomic E-state index is -0.633. The van der Waals surface area contributed by atoms with Crippen LogP contribution in [-0.2, 0) is 20.9 Å². The summed E-state index contributed by atoms with van der Waals surface area (Å²) in [5, 5.41) is 2.17. The number of methoxy groups -OCH3 is 1. The summed E-state index contributed by atoms with van der Waals surface area (Å²) in [7, 11) is 1.52. The second-order valence-electron chi connectivity index (χ2n) is 8.54. The zero-order chi connectivity index (χ0) is 29.5. The average Bonchev–Trinajstić information content (AvgIpc) is 3.20. The van der Waals surface area contributed by atoms with Gasteiger partial charge in [-0.3, -0.25) is 19.3 Å². The summed E-state index contributed by atoms with van der Waals surface area (Å²) >= 11 is 8.92. The Morgan fingerprint density at radius 1 is 1.10 bits per heavy atom. The lowest BCUT2D eigenvalue weighted by Gasteiger charge is -2.14. The van der Waals surface area contributed by atoms with Gasteiger partial charge in [0.2, 0.25) is 5.91 Å². The second-order valence-corrected chi connectivity index (χ2v) is 11.1. The van der Waals surface area contributed by atoms with E-state index in [1.165, 1.54) is 25.3 Å². The molecule has 0 spiro atoms. The first-order chi connectivity index (χ1) is 19.7. The molecule has 0 saturated carbocycles. The molecule has 0 atom stereocenters. The molecule has 212 valence electrons. The summed E-state index contributed by atoms with van der Waals surface area (Å²) in [4.78, 5) is 51.4. The molecular weight excluding hydrogens is 683 g/mol. The molecule has 1 aliphatic rings. The Hall–Kier alpha value is -3.55. The molecule has 1 aliphatic heterocycles.